The molecule has 0 spiro atoms. The van der Waals surface area contributed by atoms with Crippen LogP contribution in [0.25, 0.3) is 75.5 Å². The fourth-order valence-electron chi connectivity index (χ4n) is 9.76. The van der Waals surface area contributed by atoms with Gasteiger partial charge in [0.05, 0.1) is 0 Å². The molecule has 9 aromatic carbocycles. The fourth-order valence-corrected chi connectivity index (χ4v) is 10.8. The molecule has 3 heteroatoms. The number of nitrogens with zero attached hydrogens (tertiary/aromatic N) is 1. The largest absolute Gasteiger partial charge is 0.456 e. The summed E-state index contributed by atoms with van der Waals surface area (Å²) in [6.45, 7) is 0. The van der Waals surface area contributed by atoms with E-state index in [9.17, 15) is 0 Å². The highest BCUT2D eigenvalue weighted by Gasteiger charge is 2.29. The van der Waals surface area contributed by atoms with Gasteiger partial charge in [0.25, 0.3) is 0 Å². The topological polar surface area (TPSA) is 16.4 Å². The van der Waals surface area contributed by atoms with Gasteiger partial charge in [-0.05, 0) is 124 Å². The monoisotopic (exact) mass is 785 g/mol. The Morgan fingerprint density at radius 3 is 1.90 bits per heavy atom. The third kappa shape index (κ3) is 5.77. The third-order valence-electron chi connectivity index (χ3n) is 12.5. The predicted molar refractivity (Wildman–Crippen MR) is 254 cm³/mol. The molecule has 2 nitrogen and oxygen atoms in total. The quantitative estimate of drug-likeness (QED) is 0.167. The lowest BCUT2D eigenvalue weighted by Gasteiger charge is -2.26. The highest BCUT2D eigenvalue weighted by atomic mass is 32.1. The van der Waals surface area contributed by atoms with Crippen LogP contribution in [0.3, 0.4) is 0 Å². The van der Waals surface area contributed by atoms with Crippen molar-refractivity contribution >= 4 is 70.5 Å². The summed E-state index contributed by atoms with van der Waals surface area (Å²) in [4.78, 5) is 2.39. The summed E-state index contributed by atoms with van der Waals surface area (Å²) in [5.41, 5.74) is 16.8. The second kappa shape index (κ2) is 14.3. The van der Waals surface area contributed by atoms with E-state index >= 15 is 0 Å². The maximum Gasteiger partial charge on any atom is 0.136 e. The molecule has 0 fully saturated rings. The van der Waals surface area contributed by atoms with Gasteiger partial charge < -0.3 is 9.32 Å². The summed E-state index contributed by atoms with van der Waals surface area (Å²) >= 11 is 1.86. The summed E-state index contributed by atoms with van der Waals surface area (Å²) < 4.78 is 9.29. The van der Waals surface area contributed by atoms with Gasteiger partial charge in [0, 0.05) is 59.5 Å². The molecule has 2 heterocycles. The Kier molecular flexibility index (Phi) is 8.28. The Bertz CT molecular complexity index is 3360. The number of furan rings is 1. The molecule has 0 bridgehead atoms. The van der Waals surface area contributed by atoms with E-state index in [-0.39, 0.29) is 5.92 Å². The summed E-state index contributed by atoms with van der Waals surface area (Å²) in [6.07, 6.45) is 1.91. The van der Waals surface area contributed by atoms with E-state index in [4.69, 9.17) is 4.42 Å². The number of anilines is 3. The van der Waals surface area contributed by atoms with E-state index in [1.165, 1.54) is 75.6 Å². The number of benzene rings is 9. The van der Waals surface area contributed by atoms with Crippen LogP contribution < -0.4 is 4.90 Å². The van der Waals surface area contributed by atoms with Gasteiger partial charge in [-0.15, -0.1) is 11.3 Å². The van der Waals surface area contributed by atoms with Crippen molar-refractivity contribution < 1.29 is 4.42 Å². The Morgan fingerprint density at radius 2 is 1.10 bits per heavy atom. The van der Waals surface area contributed by atoms with E-state index in [0.717, 1.165) is 46.5 Å². The van der Waals surface area contributed by atoms with Crippen molar-refractivity contribution in [2.45, 2.75) is 18.8 Å². The van der Waals surface area contributed by atoms with Crippen molar-refractivity contribution in [2.75, 3.05) is 4.90 Å². The highest BCUT2D eigenvalue weighted by Crippen LogP contribution is 2.51. The Balaban J connectivity index is 1.03. The third-order valence-corrected chi connectivity index (χ3v) is 13.7. The fraction of sp³-hybridized carbons (Fsp3) is 0.0526. The number of hydrogen-bond acceptors (Lipinski definition) is 3. The van der Waals surface area contributed by atoms with E-state index in [1.54, 1.807) is 0 Å². The van der Waals surface area contributed by atoms with Crippen LogP contribution in [0.4, 0.5) is 17.1 Å². The first-order chi connectivity index (χ1) is 29.7. The SMILES string of the molecule is c1ccc(-c2ccc3c(c2)-c2c(cc4oc5ccccc5c4c2-c2ccccc2)CCC3c2ccc(N(c3ccccc3)c3ccc4sc5ccccc5c4c3)cc2)cc1. The first-order valence-electron chi connectivity index (χ1n) is 20.8. The highest BCUT2D eigenvalue weighted by molar-refractivity contribution is 7.25. The van der Waals surface area contributed by atoms with Crippen molar-refractivity contribution in [1.82, 2.24) is 0 Å². The number of fused-ring (bicyclic) bond motifs is 9. The number of hydrogen-bond donors (Lipinski definition) is 0. The molecule has 1 aliphatic carbocycles. The van der Waals surface area contributed by atoms with Crippen molar-refractivity contribution in [3.8, 4) is 33.4 Å². The first-order valence-corrected chi connectivity index (χ1v) is 21.7. The van der Waals surface area contributed by atoms with Gasteiger partial charge in [-0.2, -0.15) is 0 Å². The van der Waals surface area contributed by atoms with Gasteiger partial charge in [-0.3, -0.25) is 0 Å². The zero-order valence-electron chi connectivity index (χ0n) is 32.9. The molecule has 1 unspecified atom stereocenters. The van der Waals surface area contributed by atoms with Crippen molar-refractivity contribution in [3.63, 3.8) is 0 Å². The van der Waals surface area contributed by atoms with E-state index in [2.05, 4.69) is 211 Å². The molecule has 0 radical (unpaired) electrons. The summed E-state index contributed by atoms with van der Waals surface area (Å²) in [6, 6.07) is 75.6. The number of rotatable bonds is 6. The molecular formula is C57H39NOS. The van der Waals surface area contributed by atoms with E-state index in [0.29, 0.717) is 0 Å². The van der Waals surface area contributed by atoms with Gasteiger partial charge in [0.1, 0.15) is 11.2 Å². The molecule has 0 N–H and O–H groups in total. The van der Waals surface area contributed by atoms with Crippen LogP contribution in [0.5, 0.6) is 0 Å². The molecule has 0 aliphatic heterocycles. The summed E-state index contributed by atoms with van der Waals surface area (Å²) in [5, 5.41) is 4.94. The van der Waals surface area contributed by atoms with Crippen LogP contribution in [0.2, 0.25) is 0 Å². The molecule has 60 heavy (non-hydrogen) atoms. The Labute approximate surface area is 353 Å². The lowest BCUT2D eigenvalue weighted by atomic mass is 9.82. The van der Waals surface area contributed by atoms with Crippen LogP contribution in [0.15, 0.2) is 211 Å². The standard InChI is InChI=1S/C57H39NOS/c1-4-14-37(15-5-1)40-26-32-46-45(31-27-41-35-52-57(48-21-10-12-22-51(48)59-52)56(55(41)50(46)34-40)39-16-6-2-7-17-39)38-24-28-43(29-25-38)58(42-18-8-3-9-19-42)44-30-33-54-49(36-44)47-20-11-13-23-53(47)60-54/h1-26,28-30,32-36,45H,27,31H2. The first kappa shape index (κ1) is 34.8. The van der Waals surface area contributed by atoms with Crippen LogP contribution in [0, 0.1) is 0 Å². The van der Waals surface area contributed by atoms with Crippen LogP contribution >= 0.6 is 11.3 Å². The summed E-state index contributed by atoms with van der Waals surface area (Å²) in [5.74, 6) is 0.191. The molecule has 0 saturated heterocycles. The van der Waals surface area contributed by atoms with Gasteiger partial charge in [0.15, 0.2) is 0 Å². The molecule has 11 aromatic rings. The number of para-hydroxylation sites is 2. The minimum atomic E-state index is 0.191. The van der Waals surface area contributed by atoms with Gasteiger partial charge in [-0.1, -0.05) is 140 Å². The normalized spacial score (nSPS) is 13.7. The molecule has 1 aliphatic rings. The Morgan fingerprint density at radius 1 is 0.450 bits per heavy atom. The number of aryl methyl sites for hydroxylation is 1. The van der Waals surface area contributed by atoms with E-state index < -0.39 is 0 Å². The average Bonchev–Trinajstić information content (AvgIpc) is 3.83. The molecule has 2 aromatic heterocycles. The Hall–Kier alpha value is -7.20. The smallest absolute Gasteiger partial charge is 0.136 e. The number of thiophene rings is 1. The minimum Gasteiger partial charge on any atom is -0.456 e. The van der Waals surface area contributed by atoms with Gasteiger partial charge in [0.2, 0.25) is 0 Å². The molecule has 0 amide bonds. The second-order valence-electron chi connectivity index (χ2n) is 15.9. The average molecular weight is 786 g/mol. The van der Waals surface area contributed by atoms with Crippen molar-refractivity contribution in [2.24, 2.45) is 0 Å². The lowest BCUT2D eigenvalue weighted by molar-refractivity contribution is 0.667. The molecule has 1 atom stereocenters. The van der Waals surface area contributed by atoms with E-state index in [1.807, 2.05) is 11.3 Å². The molecule has 12 rings (SSSR count). The van der Waals surface area contributed by atoms with Gasteiger partial charge in [-0.25, -0.2) is 0 Å². The second-order valence-corrected chi connectivity index (χ2v) is 17.0. The van der Waals surface area contributed by atoms with Crippen LogP contribution in [0.1, 0.15) is 29.0 Å². The maximum absolute atomic E-state index is 6.66. The zero-order valence-corrected chi connectivity index (χ0v) is 33.7. The molecular weight excluding hydrogens is 747 g/mol. The predicted octanol–water partition coefficient (Wildman–Crippen LogP) is 16.5. The van der Waals surface area contributed by atoms with Crippen LogP contribution in [-0.2, 0) is 6.42 Å². The molecule has 0 saturated carbocycles. The maximum atomic E-state index is 6.66. The van der Waals surface area contributed by atoms with Crippen molar-refractivity contribution in [3.05, 3.63) is 223 Å². The summed E-state index contributed by atoms with van der Waals surface area (Å²) in [7, 11) is 0. The van der Waals surface area contributed by atoms with Crippen molar-refractivity contribution in [1.29, 1.82) is 0 Å². The molecule has 284 valence electrons. The van der Waals surface area contributed by atoms with Gasteiger partial charge >= 0.3 is 0 Å². The lowest BCUT2D eigenvalue weighted by Crippen LogP contribution is -2.10. The minimum absolute atomic E-state index is 0.191. The van der Waals surface area contributed by atoms with Crippen LogP contribution in [-0.4, -0.2) is 0 Å². The zero-order chi connectivity index (χ0) is 39.6.